The summed E-state index contributed by atoms with van der Waals surface area (Å²) in [5.74, 6) is -0.743. The van der Waals surface area contributed by atoms with Crippen molar-refractivity contribution in [2.24, 2.45) is 5.92 Å². The molecule has 0 rings (SSSR count). The Morgan fingerprint density at radius 3 is 2.64 bits per heavy atom. The monoisotopic (exact) mass is 204 g/mol. The topological polar surface area (TPSA) is 87.7 Å². The van der Waals surface area contributed by atoms with Gasteiger partial charge in [0.15, 0.2) is 6.61 Å². The Balaban J connectivity index is 3.41. The highest BCUT2D eigenvalue weighted by Gasteiger charge is 2.04. The molecule has 14 heavy (non-hydrogen) atoms. The van der Waals surface area contributed by atoms with Gasteiger partial charge in [-0.25, -0.2) is 15.1 Å². The molecule has 6 nitrogen and oxygen atoms in total. The van der Waals surface area contributed by atoms with Crippen molar-refractivity contribution in [3.8, 4) is 0 Å². The lowest BCUT2D eigenvalue weighted by atomic mass is 10.1. The molecule has 0 heterocycles. The standard InChI is InChI=1S/C8H16N2O4/c1-3-6(2)4-9-8(13)10-14-5-7(11)12/h6H,3-5H2,1-2H3,(H,11,12)(H2,9,10,13). The molecule has 0 aromatic heterocycles. The van der Waals surface area contributed by atoms with Crippen molar-refractivity contribution in [1.29, 1.82) is 0 Å². The summed E-state index contributed by atoms with van der Waals surface area (Å²) in [4.78, 5) is 25.3. The van der Waals surface area contributed by atoms with Crippen LogP contribution in [0, 0.1) is 5.92 Å². The summed E-state index contributed by atoms with van der Waals surface area (Å²) >= 11 is 0. The number of carboxylic acid groups (broad SMARTS) is 1. The minimum Gasteiger partial charge on any atom is -0.479 e. The molecule has 1 unspecified atom stereocenters. The largest absolute Gasteiger partial charge is 0.479 e. The molecule has 0 radical (unpaired) electrons. The normalized spacial score (nSPS) is 11.9. The van der Waals surface area contributed by atoms with E-state index < -0.39 is 18.6 Å². The average molecular weight is 204 g/mol. The number of carbonyl (C=O) groups is 2. The van der Waals surface area contributed by atoms with Gasteiger partial charge in [-0.1, -0.05) is 20.3 Å². The number of carboxylic acids is 1. The highest BCUT2D eigenvalue weighted by molar-refractivity contribution is 5.73. The van der Waals surface area contributed by atoms with Gasteiger partial charge in [0.25, 0.3) is 0 Å². The van der Waals surface area contributed by atoms with E-state index in [9.17, 15) is 9.59 Å². The van der Waals surface area contributed by atoms with E-state index >= 15 is 0 Å². The van der Waals surface area contributed by atoms with E-state index in [-0.39, 0.29) is 0 Å². The average Bonchev–Trinajstić information content (AvgIpc) is 2.13. The molecular formula is C8H16N2O4. The molecule has 0 aliphatic rings. The van der Waals surface area contributed by atoms with Crippen molar-refractivity contribution < 1.29 is 19.5 Å². The zero-order valence-electron chi connectivity index (χ0n) is 8.37. The van der Waals surface area contributed by atoms with Gasteiger partial charge >= 0.3 is 12.0 Å². The van der Waals surface area contributed by atoms with Gasteiger partial charge in [-0.05, 0) is 5.92 Å². The van der Waals surface area contributed by atoms with Crippen LogP contribution in [0.5, 0.6) is 0 Å². The molecule has 0 aliphatic carbocycles. The quantitative estimate of drug-likeness (QED) is 0.545. The molecule has 0 aromatic rings. The molecule has 0 bridgehead atoms. The van der Waals surface area contributed by atoms with Crippen molar-refractivity contribution in [3.63, 3.8) is 0 Å². The SMILES string of the molecule is CCC(C)CNC(=O)NOCC(=O)O. The highest BCUT2D eigenvalue weighted by Crippen LogP contribution is 1.96. The van der Waals surface area contributed by atoms with E-state index in [4.69, 9.17) is 5.11 Å². The molecule has 1 atom stereocenters. The zero-order valence-corrected chi connectivity index (χ0v) is 8.37. The summed E-state index contributed by atoms with van der Waals surface area (Å²) in [7, 11) is 0. The first-order valence-corrected chi connectivity index (χ1v) is 4.43. The van der Waals surface area contributed by atoms with Crippen LogP contribution in [0.3, 0.4) is 0 Å². The van der Waals surface area contributed by atoms with Crippen LogP contribution in [0.25, 0.3) is 0 Å². The molecule has 0 spiro atoms. The van der Waals surface area contributed by atoms with Gasteiger partial charge < -0.3 is 10.4 Å². The van der Waals surface area contributed by atoms with Crippen LogP contribution in [0.2, 0.25) is 0 Å². The van der Waals surface area contributed by atoms with Gasteiger partial charge in [-0.15, -0.1) is 0 Å². The number of urea groups is 1. The molecule has 0 saturated heterocycles. The van der Waals surface area contributed by atoms with Crippen LogP contribution >= 0.6 is 0 Å². The zero-order chi connectivity index (χ0) is 11.0. The summed E-state index contributed by atoms with van der Waals surface area (Å²) in [6, 6.07) is -0.522. The van der Waals surface area contributed by atoms with Gasteiger partial charge in [0.05, 0.1) is 0 Å². The van der Waals surface area contributed by atoms with Crippen molar-refractivity contribution >= 4 is 12.0 Å². The van der Waals surface area contributed by atoms with E-state index in [2.05, 4.69) is 10.2 Å². The number of nitrogens with one attached hydrogen (secondary N) is 2. The lowest BCUT2D eigenvalue weighted by molar-refractivity contribution is -0.144. The molecule has 0 aliphatic heterocycles. The van der Waals surface area contributed by atoms with Crippen LogP contribution < -0.4 is 10.8 Å². The van der Waals surface area contributed by atoms with Crippen LogP contribution in [0.4, 0.5) is 4.79 Å². The maximum atomic E-state index is 10.9. The number of aliphatic carboxylic acids is 1. The predicted molar refractivity (Wildman–Crippen MR) is 49.6 cm³/mol. The van der Waals surface area contributed by atoms with Crippen molar-refractivity contribution in [2.75, 3.05) is 13.2 Å². The Morgan fingerprint density at radius 1 is 1.50 bits per heavy atom. The van der Waals surface area contributed by atoms with Gasteiger partial charge in [-0.3, -0.25) is 4.84 Å². The number of hydrogen-bond donors (Lipinski definition) is 3. The van der Waals surface area contributed by atoms with Gasteiger partial charge in [-0.2, -0.15) is 0 Å². The Labute approximate surface area is 82.6 Å². The molecule has 2 amide bonds. The van der Waals surface area contributed by atoms with E-state index in [0.717, 1.165) is 6.42 Å². The van der Waals surface area contributed by atoms with Gasteiger partial charge in [0.2, 0.25) is 0 Å². The second-order valence-corrected chi connectivity index (χ2v) is 3.01. The van der Waals surface area contributed by atoms with E-state index in [0.29, 0.717) is 12.5 Å². The Bertz CT molecular complexity index is 196. The fraction of sp³-hybridized carbons (Fsp3) is 0.750. The van der Waals surface area contributed by atoms with Crippen LogP contribution in [0.15, 0.2) is 0 Å². The predicted octanol–water partition coefficient (Wildman–Crippen LogP) is 0.348. The van der Waals surface area contributed by atoms with Crippen LogP contribution in [-0.4, -0.2) is 30.3 Å². The molecule has 0 saturated carbocycles. The molecule has 82 valence electrons. The maximum Gasteiger partial charge on any atom is 0.338 e. The Hall–Kier alpha value is -1.30. The van der Waals surface area contributed by atoms with Gasteiger partial charge in [0, 0.05) is 6.54 Å². The summed E-state index contributed by atoms with van der Waals surface area (Å²) < 4.78 is 0. The Morgan fingerprint density at radius 2 is 2.14 bits per heavy atom. The fourth-order valence-corrected chi connectivity index (χ4v) is 0.611. The van der Waals surface area contributed by atoms with E-state index in [1.54, 1.807) is 0 Å². The summed E-state index contributed by atoms with van der Waals surface area (Å²) in [6.45, 7) is 4.01. The smallest absolute Gasteiger partial charge is 0.338 e. The first-order valence-electron chi connectivity index (χ1n) is 4.43. The molecule has 0 aromatic carbocycles. The molecule has 0 fully saturated rings. The van der Waals surface area contributed by atoms with Gasteiger partial charge in [0.1, 0.15) is 0 Å². The minimum absolute atomic E-state index is 0.389. The molecule has 6 heteroatoms. The highest BCUT2D eigenvalue weighted by atomic mass is 16.7. The summed E-state index contributed by atoms with van der Waals surface area (Å²) in [5.41, 5.74) is 1.96. The van der Waals surface area contributed by atoms with E-state index in [1.807, 2.05) is 19.3 Å². The maximum absolute atomic E-state index is 10.9. The third kappa shape index (κ3) is 7.35. The van der Waals surface area contributed by atoms with Crippen molar-refractivity contribution in [3.05, 3.63) is 0 Å². The van der Waals surface area contributed by atoms with E-state index in [1.165, 1.54) is 0 Å². The number of carbonyl (C=O) groups excluding carboxylic acids is 1. The van der Waals surface area contributed by atoms with Crippen molar-refractivity contribution in [2.45, 2.75) is 20.3 Å². The number of amides is 2. The lowest BCUT2D eigenvalue weighted by Gasteiger charge is -2.10. The number of hydroxylamine groups is 1. The Kier molecular flexibility index (Phi) is 6.47. The first-order chi connectivity index (χ1) is 6.56. The number of hydrogen-bond acceptors (Lipinski definition) is 3. The summed E-state index contributed by atoms with van der Waals surface area (Å²) in [5, 5.41) is 10.7. The third-order valence-electron chi connectivity index (χ3n) is 1.67. The molecule has 3 N–H and O–H groups in total. The molecular weight excluding hydrogens is 188 g/mol. The minimum atomic E-state index is -1.13. The van der Waals surface area contributed by atoms with Crippen molar-refractivity contribution in [1.82, 2.24) is 10.8 Å². The second-order valence-electron chi connectivity index (χ2n) is 3.01. The summed E-state index contributed by atoms with van der Waals surface area (Å²) in [6.07, 6.45) is 0.969. The second kappa shape index (κ2) is 7.14. The van der Waals surface area contributed by atoms with Crippen LogP contribution in [0.1, 0.15) is 20.3 Å². The third-order valence-corrected chi connectivity index (χ3v) is 1.67. The first kappa shape index (κ1) is 12.7. The fourth-order valence-electron chi connectivity index (χ4n) is 0.611. The lowest BCUT2D eigenvalue weighted by Crippen LogP contribution is -2.38. The van der Waals surface area contributed by atoms with Crippen LogP contribution in [-0.2, 0) is 9.63 Å². The number of rotatable bonds is 6.